The Labute approximate surface area is 90.1 Å². The van der Waals surface area contributed by atoms with E-state index in [1.807, 2.05) is 0 Å². The Morgan fingerprint density at radius 3 is 3.50 bits per heavy atom. The molecule has 0 amide bonds. The molecular weight excluding hydrogens is 222 g/mol. The highest BCUT2D eigenvalue weighted by Crippen LogP contribution is 2.23. The molecule has 0 N–H and O–H groups in total. The summed E-state index contributed by atoms with van der Waals surface area (Å²) in [5, 5.41) is 0. The summed E-state index contributed by atoms with van der Waals surface area (Å²) in [5.41, 5.74) is 0. The smallest absolute Gasteiger partial charge is 0.228 e. The fourth-order valence-corrected chi connectivity index (χ4v) is 0.831. The zero-order valence-electron chi connectivity index (χ0n) is 13.6. The Morgan fingerprint density at radius 1 is 1.92 bits per heavy atom. The predicted octanol–water partition coefficient (Wildman–Crippen LogP) is 1.62. The van der Waals surface area contributed by atoms with Crippen LogP contribution in [0.5, 0.6) is 5.88 Å². The monoisotopic (exact) mass is 237 g/mol. The second-order valence-corrected chi connectivity index (χ2v) is 2.62. The van der Waals surface area contributed by atoms with Gasteiger partial charge in [0.25, 0.3) is 0 Å². The van der Waals surface area contributed by atoms with Gasteiger partial charge in [0.2, 0.25) is 5.88 Å². The van der Waals surface area contributed by atoms with E-state index in [9.17, 15) is 0 Å². The first-order valence-corrected chi connectivity index (χ1v) is 3.75. The van der Waals surface area contributed by atoms with Crippen molar-refractivity contribution < 1.29 is 20.4 Å². The van der Waals surface area contributed by atoms with E-state index in [-0.39, 0.29) is 4.47 Å². The molecule has 12 heavy (non-hydrogen) atoms. The highest BCUT2D eigenvalue weighted by atomic mass is 79.9. The molecule has 1 aliphatic heterocycles. The number of hydrogen-bond donors (Lipinski definition) is 0. The van der Waals surface area contributed by atoms with Gasteiger partial charge in [0.1, 0.15) is 6.08 Å². The second-order valence-electron chi connectivity index (χ2n) is 1.83. The van der Waals surface area contributed by atoms with Gasteiger partial charge in [-0.1, -0.05) is 0 Å². The predicted molar refractivity (Wildman–Crippen MR) is 47.2 cm³/mol. The lowest BCUT2D eigenvalue weighted by molar-refractivity contribution is -0.0816. The summed E-state index contributed by atoms with van der Waals surface area (Å²) in [4.78, 5) is 3.51. The van der Waals surface area contributed by atoms with Gasteiger partial charge in [-0.05, 0) is 28.0 Å². The molecule has 1 fully saturated rings. The van der Waals surface area contributed by atoms with Crippen molar-refractivity contribution in [2.24, 2.45) is 0 Å². The van der Waals surface area contributed by atoms with Crippen LogP contribution >= 0.6 is 15.9 Å². The Hall–Kier alpha value is -0.610. The summed E-state index contributed by atoms with van der Waals surface area (Å²) >= 11 is 2.90. The van der Waals surface area contributed by atoms with Gasteiger partial charge < -0.3 is 9.47 Å². The molecule has 1 aliphatic rings. The van der Waals surface area contributed by atoms with Crippen LogP contribution in [0.15, 0.2) is 22.7 Å². The fourth-order valence-electron chi connectivity index (χ4n) is 0.563. The van der Waals surface area contributed by atoms with Crippen molar-refractivity contribution in [1.29, 1.82) is 0 Å². The molecule has 0 unspecified atom stereocenters. The van der Waals surface area contributed by atoms with Crippen LogP contribution in [0.3, 0.4) is 0 Å². The summed E-state index contributed by atoms with van der Waals surface area (Å²) in [6.45, 7) is -5.44. The van der Waals surface area contributed by atoms with Crippen molar-refractivity contribution in [2.45, 2.75) is 6.08 Å². The number of pyridine rings is 1. The van der Waals surface area contributed by atoms with E-state index < -0.39 is 43.3 Å². The molecule has 1 aromatic rings. The largest absolute Gasteiger partial charge is 0.469 e. The molecule has 0 aromatic carbocycles. The van der Waals surface area contributed by atoms with Crippen LogP contribution in [0, 0.1) is 0 Å². The molecule has 64 valence electrons. The molecule has 3 nitrogen and oxygen atoms in total. The Morgan fingerprint density at radius 2 is 2.75 bits per heavy atom. The minimum atomic E-state index is -2.74. The molecule has 2 heterocycles. The van der Waals surface area contributed by atoms with Crippen molar-refractivity contribution in [3.63, 3.8) is 0 Å². The molecule has 2 rings (SSSR count). The van der Waals surface area contributed by atoms with Gasteiger partial charge in [-0.2, -0.15) is 0 Å². The SMILES string of the molecule is [2H]c1nc(OC2([2H])C([2H])([2H])OC2([2H])[2H])c(Br)c([2H])c1[2H]. The second kappa shape index (κ2) is 3.41. The van der Waals surface area contributed by atoms with Crippen LogP contribution in [0.1, 0.15) is 11.0 Å². The van der Waals surface area contributed by atoms with E-state index in [1.54, 1.807) is 0 Å². The topological polar surface area (TPSA) is 31.4 Å². The lowest BCUT2D eigenvalue weighted by atomic mass is 10.3. The lowest BCUT2D eigenvalue weighted by Crippen LogP contribution is -2.38. The minimum Gasteiger partial charge on any atom is -0.469 e. The first-order chi connectivity index (χ1) is 8.93. The van der Waals surface area contributed by atoms with Crippen molar-refractivity contribution in [1.82, 2.24) is 4.98 Å². The van der Waals surface area contributed by atoms with Crippen molar-refractivity contribution in [3.05, 3.63) is 22.7 Å². The Bertz CT molecular complexity index is 566. The maximum Gasteiger partial charge on any atom is 0.228 e. The quantitative estimate of drug-likeness (QED) is 0.784. The summed E-state index contributed by atoms with van der Waals surface area (Å²) in [5.74, 6) is -0.512. The van der Waals surface area contributed by atoms with Crippen molar-refractivity contribution >= 4 is 15.9 Å². The fraction of sp³-hybridized carbons (Fsp3) is 0.375. The molecule has 0 spiro atoms. The molecule has 0 saturated carbocycles. The average molecular weight is 238 g/mol. The van der Waals surface area contributed by atoms with Gasteiger partial charge in [0.15, 0.2) is 0 Å². The number of ether oxygens (including phenoxy) is 2. The van der Waals surface area contributed by atoms with E-state index in [0.29, 0.717) is 0 Å². The molecule has 4 heteroatoms. The number of aromatic nitrogens is 1. The molecule has 0 radical (unpaired) electrons. The van der Waals surface area contributed by atoms with E-state index in [0.717, 1.165) is 0 Å². The zero-order chi connectivity index (χ0) is 15.5. The van der Waals surface area contributed by atoms with Crippen molar-refractivity contribution in [2.75, 3.05) is 13.1 Å². The van der Waals surface area contributed by atoms with E-state index in [1.165, 1.54) is 0 Å². The highest BCUT2D eigenvalue weighted by molar-refractivity contribution is 9.10. The van der Waals surface area contributed by atoms with Crippen LogP contribution in [0.4, 0.5) is 0 Å². The van der Waals surface area contributed by atoms with Crippen LogP contribution in [-0.4, -0.2) is 24.2 Å². The van der Waals surface area contributed by atoms with Gasteiger partial charge in [-0.3, -0.25) is 0 Å². The van der Waals surface area contributed by atoms with Gasteiger partial charge in [-0.25, -0.2) is 4.98 Å². The maximum atomic E-state index is 7.77. The first-order valence-electron chi connectivity index (χ1n) is 6.95. The van der Waals surface area contributed by atoms with E-state index in [4.69, 9.17) is 15.7 Å². The van der Waals surface area contributed by atoms with Crippen molar-refractivity contribution in [3.8, 4) is 5.88 Å². The third-order valence-corrected chi connectivity index (χ3v) is 1.60. The zero-order valence-corrected chi connectivity index (χ0v) is 7.23. The number of nitrogens with zero attached hydrogens (tertiary/aromatic N) is 1. The number of rotatable bonds is 2. The van der Waals surface area contributed by atoms with Gasteiger partial charge in [0, 0.05) is 6.17 Å². The van der Waals surface area contributed by atoms with Gasteiger partial charge >= 0.3 is 0 Å². The number of halogens is 1. The standard InChI is InChI=1S/C8H8BrNO2/c9-7-2-1-3-10-8(7)12-6-4-11-5-6/h1-3,6H,4-5H2/i1D,2D,3D,4D2,5D2,6D. The first kappa shape index (κ1) is 2.96. The lowest BCUT2D eigenvalue weighted by Gasteiger charge is -2.26. The molecule has 1 saturated heterocycles. The van der Waals surface area contributed by atoms with E-state index >= 15 is 0 Å². The Balaban J connectivity index is 2.45. The highest BCUT2D eigenvalue weighted by Gasteiger charge is 2.21. The molecule has 0 bridgehead atoms. The number of hydrogen-bond acceptors (Lipinski definition) is 3. The van der Waals surface area contributed by atoms with Gasteiger partial charge in [-0.15, -0.1) is 0 Å². The van der Waals surface area contributed by atoms with Crippen LogP contribution in [0.2, 0.25) is 0 Å². The summed E-state index contributed by atoms with van der Waals surface area (Å²) in [7, 11) is 0. The van der Waals surface area contributed by atoms with Crippen LogP contribution in [0.25, 0.3) is 0 Å². The van der Waals surface area contributed by atoms with E-state index in [2.05, 4.69) is 25.7 Å². The minimum absolute atomic E-state index is 0.163. The maximum absolute atomic E-state index is 7.77. The summed E-state index contributed by atoms with van der Waals surface area (Å²) in [6.07, 6.45) is -3.34. The third-order valence-electron chi connectivity index (χ3n) is 1.06. The average Bonchev–Trinajstić information content (AvgIpc) is 2.31. The van der Waals surface area contributed by atoms with Crippen LogP contribution < -0.4 is 4.74 Å². The normalized spacial score (nSPS) is 37.8. The molecular formula is C8H8BrNO2. The van der Waals surface area contributed by atoms with Crippen LogP contribution in [-0.2, 0) is 4.74 Å². The molecule has 1 aromatic heterocycles. The molecule has 0 atom stereocenters. The summed E-state index contributed by atoms with van der Waals surface area (Å²) < 4.78 is 68.6. The third kappa shape index (κ3) is 1.59. The molecule has 0 aliphatic carbocycles. The van der Waals surface area contributed by atoms with Gasteiger partial charge in [0.05, 0.1) is 28.6 Å². The Kier molecular flexibility index (Phi) is 0.840. The summed E-state index contributed by atoms with van der Waals surface area (Å²) in [6, 6.07) is -0.899.